The number of ether oxygens (including phenoxy) is 2. The highest BCUT2D eigenvalue weighted by molar-refractivity contribution is 7.92. The molecule has 3 aromatic rings. The van der Waals surface area contributed by atoms with E-state index in [0.29, 0.717) is 24.6 Å². The van der Waals surface area contributed by atoms with Crippen LogP contribution in [-0.4, -0.2) is 46.2 Å². The molecule has 180 valence electrons. The first-order valence-electron chi connectivity index (χ1n) is 10.9. The van der Waals surface area contributed by atoms with Gasteiger partial charge in [-0.25, -0.2) is 8.42 Å². The van der Waals surface area contributed by atoms with Crippen LogP contribution in [0.15, 0.2) is 72.8 Å². The highest BCUT2D eigenvalue weighted by Gasteiger charge is 2.28. The van der Waals surface area contributed by atoms with Crippen molar-refractivity contribution in [3.8, 4) is 11.5 Å². The van der Waals surface area contributed by atoms with Crippen molar-refractivity contribution >= 4 is 21.6 Å². The predicted octanol–water partition coefficient (Wildman–Crippen LogP) is 4.33. The van der Waals surface area contributed by atoms with Crippen molar-refractivity contribution in [2.45, 2.75) is 20.0 Å². The van der Waals surface area contributed by atoms with E-state index >= 15 is 0 Å². The fourth-order valence-corrected chi connectivity index (χ4v) is 4.46. The molecule has 0 spiro atoms. The van der Waals surface area contributed by atoms with E-state index in [4.69, 9.17) is 9.47 Å². The van der Waals surface area contributed by atoms with E-state index in [1.165, 1.54) is 27.3 Å². The molecule has 8 heteroatoms. The summed E-state index contributed by atoms with van der Waals surface area (Å²) in [5.41, 5.74) is 2.37. The molecule has 0 fully saturated rings. The van der Waals surface area contributed by atoms with Gasteiger partial charge in [-0.3, -0.25) is 9.10 Å². The number of rotatable bonds is 10. The van der Waals surface area contributed by atoms with E-state index in [-0.39, 0.29) is 22.9 Å². The van der Waals surface area contributed by atoms with Crippen molar-refractivity contribution in [2.24, 2.45) is 0 Å². The van der Waals surface area contributed by atoms with Gasteiger partial charge in [0.15, 0.2) is 11.5 Å². The zero-order valence-electron chi connectivity index (χ0n) is 19.9. The van der Waals surface area contributed by atoms with Gasteiger partial charge in [0.1, 0.15) is 0 Å². The molecule has 0 heterocycles. The molecule has 0 aliphatic carbocycles. The molecule has 3 rings (SSSR count). The number of nitrogens with zero attached hydrogens (tertiary/aromatic N) is 2. The Morgan fingerprint density at radius 2 is 1.29 bits per heavy atom. The molecule has 0 aliphatic rings. The van der Waals surface area contributed by atoms with Crippen LogP contribution in [0, 0.1) is 0 Å². The Morgan fingerprint density at radius 3 is 1.74 bits per heavy atom. The minimum absolute atomic E-state index is 0.108. The summed E-state index contributed by atoms with van der Waals surface area (Å²) in [6.45, 7) is 2.27. The molecule has 0 saturated heterocycles. The quantitative estimate of drug-likeness (QED) is 0.430. The highest BCUT2D eigenvalue weighted by Crippen LogP contribution is 2.37. The van der Waals surface area contributed by atoms with Gasteiger partial charge in [-0.2, -0.15) is 0 Å². The topological polar surface area (TPSA) is 76.1 Å². The van der Waals surface area contributed by atoms with Gasteiger partial charge in [0.05, 0.1) is 31.2 Å². The second-order valence-electron chi connectivity index (χ2n) is 7.72. The van der Waals surface area contributed by atoms with Crippen molar-refractivity contribution < 1.29 is 22.7 Å². The lowest BCUT2D eigenvalue weighted by molar-refractivity contribution is 0.0730. The lowest BCUT2D eigenvalue weighted by Crippen LogP contribution is -2.34. The molecule has 0 unspecified atom stereocenters. The number of hydrogen-bond donors (Lipinski definition) is 0. The van der Waals surface area contributed by atoms with Crippen LogP contribution in [0.3, 0.4) is 0 Å². The van der Waals surface area contributed by atoms with E-state index in [1.807, 2.05) is 60.7 Å². The number of hydrogen-bond acceptors (Lipinski definition) is 5. The number of benzene rings is 3. The lowest BCUT2D eigenvalue weighted by Gasteiger charge is -2.27. The zero-order chi connectivity index (χ0) is 24.7. The summed E-state index contributed by atoms with van der Waals surface area (Å²) < 4.78 is 37.4. The van der Waals surface area contributed by atoms with Crippen molar-refractivity contribution in [3.05, 3.63) is 89.5 Å². The van der Waals surface area contributed by atoms with Crippen LogP contribution in [0.2, 0.25) is 0 Å². The Labute approximate surface area is 201 Å². The number of anilines is 1. The standard InChI is InChI=1S/C26H30N2O5S/c1-5-34(30,31)27(2)23-17-25(33-4)24(32-3)16-22(23)26(29)28(18-20-12-8-6-9-13-20)19-21-14-10-7-11-15-21/h6-17H,5,18-19H2,1-4H3. The van der Waals surface area contributed by atoms with Gasteiger partial charge in [-0.05, 0) is 24.1 Å². The van der Waals surface area contributed by atoms with Crippen LogP contribution < -0.4 is 13.8 Å². The van der Waals surface area contributed by atoms with Gasteiger partial charge >= 0.3 is 0 Å². The summed E-state index contributed by atoms with van der Waals surface area (Å²) >= 11 is 0. The Morgan fingerprint density at radius 1 is 0.824 bits per heavy atom. The average Bonchev–Trinajstić information content (AvgIpc) is 2.87. The molecule has 0 aliphatic heterocycles. The Bertz CT molecular complexity index is 1170. The third-order valence-electron chi connectivity index (χ3n) is 5.57. The van der Waals surface area contributed by atoms with Crippen molar-refractivity contribution in [3.63, 3.8) is 0 Å². The van der Waals surface area contributed by atoms with Gasteiger partial charge < -0.3 is 14.4 Å². The number of carbonyl (C=O) groups is 1. The molecular formula is C26H30N2O5S. The first kappa shape index (κ1) is 25.1. The van der Waals surface area contributed by atoms with Crippen LogP contribution in [0.1, 0.15) is 28.4 Å². The van der Waals surface area contributed by atoms with Crippen molar-refractivity contribution in [2.75, 3.05) is 31.3 Å². The van der Waals surface area contributed by atoms with Gasteiger partial charge in [0, 0.05) is 26.2 Å². The average molecular weight is 483 g/mol. The first-order valence-corrected chi connectivity index (χ1v) is 12.5. The maximum absolute atomic E-state index is 14.0. The van der Waals surface area contributed by atoms with Crippen LogP contribution >= 0.6 is 0 Å². The van der Waals surface area contributed by atoms with Crippen molar-refractivity contribution in [1.29, 1.82) is 0 Å². The fraction of sp³-hybridized carbons (Fsp3) is 0.269. The Kier molecular flexibility index (Phi) is 8.17. The first-order chi connectivity index (χ1) is 16.3. The second kappa shape index (κ2) is 11.1. The number of methoxy groups -OCH3 is 2. The normalized spacial score (nSPS) is 11.1. The zero-order valence-corrected chi connectivity index (χ0v) is 20.7. The molecule has 0 radical (unpaired) electrons. The summed E-state index contributed by atoms with van der Waals surface area (Å²) in [7, 11) is 0.754. The number of amides is 1. The minimum atomic E-state index is -3.63. The molecule has 1 amide bonds. The van der Waals surface area contributed by atoms with E-state index in [1.54, 1.807) is 17.9 Å². The fourth-order valence-electron chi connectivity index (χ4n) is 3.62. The minimum Gasteiger partial charge on any atom is -0.493 e. The van der Waals surface area contributed by atoms with Crippen LogP contribution in [0.25, 0.3) is 0 Å². The van der Waals surface area contributed by atoms with Gasteiger partial charge in [0.25, 0.3) is 5.91 Å². The van der Waals surface area contributed by atoms with Crippen molar-refractivity contribution in [1.82, 2.24) is 4.90 Å². The largest absolute Gasteiger partial charge is 0.493 e. The predicted molar refractivity (Wildman–Crippen MR) is 134 cm³/mol. The van der Waals surface area contributed by atoms with E-state index in [2.05, 4.69) is 0 Å². The Balaban J connectivity index is 2.12. The van der Waals surface area contributed by atoms with Crippen LogP contribution in [0.4, 0.5) is 5.69 Å². The summed E-state index contributed by atoms with van der Waals surface area (Å²) in [6.07, 6.45) is 0. The molecule has 7 nitrogen and oxygen atoms in total. The third kappa shape index (κ3) is 5.69. The SMILES string of the molecule is CCS(=O)(=O)N(C)c1cc(OC)c(OC)cc1C(=O)N(Cc1ccccc1)Cc1ccccc1. The maximum Gasteiger partial charge on any atom is 0.256 e. The van der Waals surface area contributed by atoms with Crippen LogP contribution in [0.5, 0.6) is 11.5 Å². The summed E-state index contributed by atoms with van der Waals surface area (Å²) in [4.78, 5) is 15.7. The summed E-state index contributed by atoms with van der Waals surface area (Å²) in [5.74, 6) is 0.256. The van der Waals surface area contributed by atoms with Gasteiger partial charge in [-0.15, -0.1) is 0 Å². The smallest absolute Gasteiger partial charge is 0.256 e. The van der Waals surface area contributed by atoms with E-state index in [9.17, 15) is 13.2 Å². The monoisotopic (exact) mass is 482 g/mol. The van der Waals surface area contributed by atoms with Gasteiger partial charge in [0.2, 0.25) is 10.0 Å². The highest BCUT2D eigenvalue weighted by atomic mass is 32.2. The molecular weight excluding hydrogens is 452 g/mol. The molecule has 0 saturated carbocycles. The van der Waals surface area contributed by atoms with Crippen LogP contribution in [-0.2, 0) is 23.1 Å². The lowest BCUT2D eigenvalue weighted by atomic mass is 10.1. The summed E-state index contributed by atoms with van der Waals surface area (Å²) in [6, 6.07) is 22.4. The molecule has 34 heavy (non-hydrogen) atoms. The molecule has 3 aromatic carbocycles. The second-order valence-corrected chi connectivity index (χ2v) is 10.0. The third-order valence-corrected chi connectivity index (χ3v) is 7.33. The van der Waals surface area contributed by atoms with Gasteiger partial charge in [-0.1, -0.05) is 60.7 Å². The molecule has 0 N–H and O–H groups in total. The number of sulfonamides is 1. The Hall–Kier alpha value is -3.52. The molecule has 0 atom stereocenters. The maximum atomic E-state index is 14.0. The van der Waals surface area contributed by atoms with E-state index < -0.39 is 10.0 Å². The molecule has 0 aromatic heterocycles. The van der Waals surface area contributed by atoms with E-state index in [0.717, 1.165) is 15.4 Å². The molecule has 0 bridgehead atoms. The summed E-state index contributed by atoms with van der Waals surface area (Å²) in [5, 5.41) is 0. The number of carbonyl (C=O) groups excluding carboxylic acids is 1.